The fourth-order valence-electron chi connectivity index (χ4n) is 1.88. The normalized spacial score (nSPS) is 10.9. The van der Waals surface area contributed by atoms with E-state index >= 15 is 0 Å². The zero-order chi connectivity index (χ0) is 14.3. The van der Waals surface area contributed by atoms with Gasteiger partial charge in [0.2, 0.25) is 11.8 Å². The van der Waals surface area contributed by atoms with E-state index in [-0.39, 0.29) is 5.88 Å². The number of nitrogens with one attached hydrogen (secondary N) is 1. The second-order valence-electron chi connectivity index (χ2n) is 4.65. The summed E-state index contributed by atoms with van der Waals surface area (Å²) in [5.41, 5.74) is 2.57. The Morgan fingerprint density at radius 3 is 2.65 bits per heavy atom. The molecule has 7 nitrogen and oxygen atoms in total. The molecule has 3 aromatic rings. The molecule has 7 heteroatoms. The summed E-state index contributed by atoms with van der Waals surface area (Å²) in [7, 11) is 0. The van der Waals surface area contributed by atoms with E-state index in [4.69, 9.17) is 0 Å². The van der Waals surface area contributed by atoms with Crippen molar-refractivity contribution in [1.29, 1.82) is 0 Å². The molecule has 0 unspecified atom stereocenters. The number of rotatable bonds is 2. The van der Waals surface area contributed by atoms with Crippen LogP contribution in [0.2, 0.25) is 0 Å². The Hall–Kier alpha value is -2.70. The zero-order valence-electron chi connectivity index (χ0n) is 11.4. The highest BCUT2D eigenvalue weighted by Gasteiger charge is 2.10. The third kappa shape index (κ3) is 2.13. The summed E-state index contributed by atoms with van der Waals surface area (Å²) in [5.74, 6) is 1.38. The van der Waals surface area contributed by atoms with Gasteiger partial charge in [0.1, 0.15) is 5.82 Å². The molecular weight excluding hydrogens is 256 g/mol. The second kappa shape index (κ2) is 4.44. The van der Waals surface area contributed by atoms with Gasteiger partial charge in [-0.25, -0.2) is 9.97 Å². The minimum atomic E-state index is 0.00183. The Morgan fingerprint density at radius 1 is 1.05 bits per heavy atom. The maximum atomic E-state index is 9.81. The van der Waals surface area contributed by atoms with Crippen LogP contribution in [0.25, 0.3) is 5.78 Å². The molecule has 0 bridgehead atoms. The first-order chi connectivity index (χ1) is 9.52. The van der Waals surface area contributed by atoms with Crippen LogP contribution in [0.5, 0.6) is 5.88 Å². The third-order valence-electron chi connectivity index (χ3n) is 2.89. The summed E-state index contributed by atoms with van der Waals surface area (Å²) < 4.78 is 1.28. The highest BCUT2D eigenvalue weighted by atomic mass is 16.3. The molecule has 0 aliphatic carbocycles. The fraction of sp³-hybridized carbons (Fsp3) is 0.231. The minimum absolute atomic E-state index is 0.00183. The zero-order valence-corrected chi connectivity index (χ0v) is 11.4. The highest BCUT2D eigenvalue weighted by molar-refractivity contribution is 5.54. The van der Waals surface area contributed by atoms with Crippen molar-refractivity contribution in [2.45, 2.75) is 20.8 Å². The summed E-state index contributed by atoms with van der Waals surface area (Å²) in [4.78, 5) is 12.8. The van der Waals surface area contributed by atoms with Gasteiger partial charge in [-0.1, -0.05) is 6.07 Å². The van der Waals surface area contributed by atoms with Gasteiger partial charge in [-0.05, 0) is 32.4 Å². The van der Waals surface area contributed by atoms with Gasteiger partial charge in [0.15, 0.2) is 0 Å². The van der Waals surface area contributed by atoms with Crippen LogP contribution in [0.1, 0.15) is 17.0 Å². The predicted molar refractivity (Wildman–Crippen MR) is 74.2 cm³/mol. The van der Waals surface area contributed by atoms with Crippen LogP contribution in [0, 0.1) is 20.8 Å². The summed E-state index contributed by atoms with van der Waals surface area (Å²) >= 11 is 0. The van der Waals surface area contributed by atoms with Crippen LogP contribution >= 0.6 is 0 Å². The van der Waals surface area contributed by atoms with Gasteiger partial charge in [0.25, 0.3) is 5.78 Å². The number of anilines is 2. The Kier molecular flexibility index (Phi) is 2.74. The first-order valence-electron chi connectivity index (χ1n) is 6.17. The molecule has 102 valence electrons. The largest absolute Gasteiger partial charge is 0.493 e. The van der Waals surface area contributed by atoms with E-state index in [2.05, 4.69) is 25.4 Å². The van der Waals surface area contributed by atoms with Gasteiger partial charge in [-0.2, -0.15) is 9.50 Å². The summed E-state index contributed by atoms with van der Waals surface area (Å²) in [6, 6.07) is 5.44. The van der Waals surface area contributed by atoms with Crippen molar-refractivity contribution in [3.63, 3.8) is 0 Å². The average molecular weight is 270 g/mol. The topological polar surface area (TPSA) is 88.2 Å². The van der Waals surface area contributed by atoms with Gasteiger partial charge < -0.3 is 10.4 Å². The molecule has 2 N–H and O–H groups in total. The smallest absolute Gasteiger partial charge is 0.257 e. The monoisotopic (exact) mass is 270 g/mol. The summed E-state index contributed by atoms with van der Waals surface area (Å²) in [6.07, 6.45) is 0. The molecule has 3 heterocycles. The number of fused-ring (bicyclic) bond motifs is 1. The van der Waals surface area contributed by atoms with E-state index in [0.717, 1.165) is 11.3 Å². The van der Waals surface area contributed by atoms with Crippen LogP contribution in [0.15, 0.2) is 18.2 Å². The van der Waals surface area contributed by atoms with E-state index in [0.29, 0.717) is 23.2 Å². The lowest BCUT2D eigenvalue weighted by molar-refractivity contribution is 0.434. The van der Waals surface area contributed by atoms with E-state index in [1.807, 2.05) is 26.0 Å². The summed E-state index contributed by atoms with van der Waals surface area (Å²) in [5, 5.41) is 17.0. The van der Waals surface area contributed by atoms with Crippen molar-refractivity contribution >= 4 is 17.5 Å². The van der Waals surface area contributed by atoms with Crippen molar-refractivity contribution < 1.29 is 5.11 Å². The number of aryl methyl sites for hydroxylation is 3. The van der Waals surface area contributed by atoms with E-state index < -0.39 is 0 Å². The van der Waals surface area contributed by atoms with Gasteiger partial charge in [0, 0.05) is 17.5 Å². The van der Waals surface area contributed by atoms with E-state index in [9.17, 15) is 5.11 Å². The molecule has 0 aliphatic rings. The maximum absolute atomic E-state index is 9.81. The van der Waals surface area contributed by atoms with Crippen LogP contribution in [0.3, 0.4) is 0 Å². The van der Waals surface area contributed by atoms with Gasteiger partial charge in [-0.3, -0.25) is 0 Å². The van der Waals surface area contributed by atoms with Crippen molar-refractivity contribution in [2.75, 3.05) is 5.32 Å². The Morgan fingerprint density at radius 2 is 1.85 bits per heavy atom. The molecule has 0 aliphatic heterocycles. The predicted octanol–water partition coefficient (Wildman–Crippen LogP) is 1.89. The van der Waals surface area contributed by atoms with Crippen LogP contribution in [-0.4, -0.2) is 29.7 Å². The molecule has 0 spiro atoms. The van der Waals surface area contributed by atoms with E-state index in [1.54, 1.807) is 6.92 Å². The van der Waals surface area contributed by atoms with Crippen molar-refractivity contribution in [1.82, 2.24) is 24.6 Å². The first kappa shape index (κ1) is 12.3. The second-order valence-corrected chi connectivity index (χ2v) is 4.65. The molecule has 0 atom stereocenters. The van der Waals surface area contributed by atoms with E-state index in [1.165, 1.54) is 10.6 Å². The van der Waals surface area contributed by atoms with Crippen molar-refractivity contribution in [2.24, 2.45) is 0 Å². The molecule has 3 aromatic heterocycles. The lowest BCUT2D eigenvalue weighted by Gasteiger charge is -2.05. The molecule has 20 heavy (non-hydrogen) atoms. The van der Waals surface area contributed by atoms with Crippen molar-refractivity contribution in [3.8, 4) is 5.88 Å². The van der Waals surface area contributed by atoms with Gasteiger partial charge >= 0.3 is 0 Å². The maximum Gasteiger partial charge on any atom is 0.257 e. The molecule has 0 fully saturated rings. The molecule has 0 amide bonds. The molecular formula is C13H14N6O. The number of nitrogens with zero attached hydrogens (tertiary/aromatic N) is 5. The molecule has 0 aromatic carbocycles. The molecule has 0 radical (unpaired) electrons. The lowest BCUT2D eigenvalue weighted by atomic mass is 10.2. The SMILES string of the molecule is Cc1ccc(C)c(Nc2nc3nc(C)cc(O)n3n2)n1. The quantitative estimate of drug-likeness (QED) is 0.739. The number of hydrogen-bond donors (Lipinski definition) is 2. The molecule has 3 rings (SSSR count). The minimum Gasteiger partial charge on any atom is -0.493 e. The number of aromatic nitrogens is 5. The average Bonchev–Trinajstić information content (AvgIpc) is 2.76. The highest BCUT2D eigenvalue weighted by Crippen LogP contribution is 2.18. The Labute approximate surface area is 115 Å². The van der Waals surface area contributed by atoms with Crippen LogP contribution in [0.4, 0.5) is 11.8 Å². The van der Waals surface area contributed by atoms with Gasteiger partial charge in [-0.15, -0.1) is 5.10 Å². The van der Waals surface area contributed by atoms with Gasteiger partial charge in [0.05, 0.1) is 0 Å². The Bertz CT molecular complexity index is 795. The molecule has 0 saturated heterocycles. The standard InChI is InChI=1S/C13H14N6O/c1-7-4-5-8(2)14-11(7)16-12-17-13-15-9(3)6-10(20)19(13)18-12/h4-6,20H,1-3H3,(H,14,16,18). The Balaban J connectivity index is 2.03. The number of hydrogen-bond acceptors (Lipinski definition) is 6. The third-order valence-corrected chi connectivity index (χ3v) is 2.89. The lowest BCUT2D eigenvalue weighted by Crippen LogP contribution is -1.99. The van der Waals surface area contributed by atoms with Crippen molar-refractivity contribution in [3.05, 3.63) is 35.2 Å². The molecule has 0 saturated carbocycles. The summed E-state index contributed by atoms with van der Waals surface area (Å²) in [6.45, 7) is 5.65. The van der Waals surface area contributed by atoms with Crippen LogP contribution < -0.4 is 5.32 Å². The number of aromatic hydroxyl groups is 1. The van der Waals surface area contributed by atoms with Crippen LogP contribution in [-0.2, 0) is 0 Å². The first-order valence-corrected chi connectivity index (χ1v) is 6.17. The fourth-order valence-corrected chi connectivity index (χ4v) is 1.88. The number of pyridine rings is 1.